The molecule has 8 heteroatoms. The molecule has 26 heavy (non-hydrogen) atoms. The van der Waals surface area contributed by atoms with Crippen molar-refractivity contribution in [2.24, 2.45) is 0 Å². The highest BCUT2D eigenvalue weighted by atomic mass is 32.2. The maximum absolute atomic E-state index is 12.8. The summed E-state index contributed by atoms with van der Waals surface area (Å²) in [5.41, 5.74) is 0.367. The van der Waals surface area contributed by atoms with Gasteiger partial charge in [-0.25, -0.2) is 13.1 Å². The Bertz CT molecular complexity index is 746. The van der Waals surface area contributed by atoms with E-state index in [9.17, 15) is 13.2 Å². The van der Waals surface area contributed by atoms with E-state index in [1.54, 1.807) is 17.0 Å². The van der Waals surface area contributed by atoms with Crippen LogP contribution in [0.25, 0.3) is 0 Å². The lowest BCUT2D eigenvalue weighted by Gasteiger charge is -2.36. The summed E-state index contributed by atoms with van der Waals surface area (Å²) in [6.07, 6.45) is 1.70. The van der Waals surface area contributed by atoms with Gasteiger partial charge in [0, 0.05) is 25.3 Å². The number of nitrogens with one attached hydrogen (secondary N) is 1. The lowest BCUT2D eigenvalue weighted by Crippen LogP contribution is -2.50. The molecular formula is C18H26N2O5S. The molecule has 1 amide bonds. The van der Waals surface area contributed by atoms with Crippen LogP contribution in [0.15, 0.2) is 29.2 Å². The highest BCUT2D eigenvalue weighted by molar-refractivity contribution is 7.89. The van der Waals surface area contributed by atoms with Crippen LogP contribution < -0.4 is 4.72 Å². The molecule has 144 valence electrons. The Balaban J connectivity index is 1.73. The summed E-state index contributed by atoms with van der Waals surface area (Å²) < 4.78 is 38.7. The van der Waals surface area contributed by atoms with Crippen molar-refractivity contribution in [3.8, 4) is 0 Å². The van der Waals surface area contributed by atoms with Crippen molar-refractivity contribution >= 4 is 15.9 Å². The van der Waals surface area contributed by atoms with E-state index in [1.165, 1.54) is 12.1 Å². The molecule has 3 atom stereocenters. The van der Waals surface area contributed by atoms with Gasteiger partial charge in [0.05, 0.1) is 29.8 Å². The Hall–Kier alpha value is -1.48. The molecule has 0 bridgehead atoms. The number of carbonyl (C=O) groups excluding carboxylic acids is 1. The number of rotatable bonds is 5. The highest BCUT2D eigenvalue weighted by Gasteiger charge is 2.29. The van der Waals surface area contributed by atoms with E-state index in [-0.39, 0.29) is 35.6 Å². The summed E-state index contributed by atoms with van der Waals surface area (Å²) in [6.45, 7) is 5.74. The number of benzene rings is 1. The summed E-state index contributed by atoms with van der Waals surface area (Å²) in [4.78, 5) is 14.7. The number of hydrogen-bond donors (Lipinski definition) is 1. The summed E-state index contributed by atoms with van der Waals surface area (Å²) in [7, 11) is -3.68. The third-order valence-corrected chi connectivity index (χ3v) is 6.21. The third-order valence-electron chi connectivity index (χ3n) is 4.78. The van der Waals surface area contributed by atoms with E-state index >= 15 is 0 Å². The second-order valence-electron chi connectivity index (χ2n) is 6.97. The summed E-state index contributed by atoms with van der Waals surface area (Å²) in [5, 5.41) is 0. The zero-order chi connectivity index (χ0) is 18.7. The number of hydrogen-bond acceptors (Lipinski definition) is 5. The molecule has 0 saturated carbocycles. The summed E-state index contributed by atoms with van der Waals surface area (Å²) >= 11 is 0. The first-order valence-corrected chi connectivity index (χ1v) is 10.5. The Labute approximate surface area is 154 Å². The van der Waals surface area contributed by atoms with Crippen molar-refractivity contribution in [2.75, 3.05) is 26.3 Å². The average Bonchev–Trinajstić information content (AvgIpc) is 3.15. The minimum Gasteiger partial charge on any atom is -0.377 e. The molecule has 1 aromatic carbocycles. The Morgan fingerprint density at radius 3 is 2.85 bits per heavy atom. The van der Waals surface area contributed by atoms with Crippen molar-refractivity contribution in [3.05, 3.63) is 29.8 Å². The van der Waals surface area contributed by atoms with Gasteiger partial charge >= 0.3 is 0 Å². The number of carbonyl (C=O) groups is 1. The Morgan fingerprint density at radius 1 is 1.31 bits per heavy atom. The number of nitrogens with zero attached hydrogens (tertiary/aromatic N) is 1. The largest absolute Gasteiger partial charge is 0.377 e. The predicted octanol–water partition coefficient (Wildman–Crippen LogP) is 1.39. The van der Waals surface area contributed by atoms with Crippen molar-refractivity contribution < 1.29 is 22.7 Å². The van der Waals surface area contributed by atoms with Gasteiger partial charge in [-0.3, -0.25) is 4.79 Å². The molecular weight excluding hydrogens is 356 g/mol. The van der Waals surface area contributed by atoms with Crippen LogP contribution in [-0.4, -0.2) is 63.8 Å². The van der Waals surface area contributed by atoms with Crippen LogP contribution in [0.2, 0.25) is 0 Å². The van der Waals surface area contributed by atoms with Gasteiger partial charge in [-0.15, -0.1) is 0 Å². The summed E-state index contributed by atoms with van der Waals surface area (Å²) in [6, 6.07) is 6.14. The van der Waals surface area contributed by atoms with E-state index in [4.69, 9.17) is 9.47 Å². The quantitative estimate of drug-likeness (QED) is 0.832. The maximum Gasteiger partial charge on any atom is 0.254 e. The fraction of sp³-hybridized carbons (Fsp3) is 0.611. The molecule has 3 unspecified atom stereocenters. The highest BCUT2D eigenvalue weighted by Crippen LogP contribution is 2.19. The van der Waals surface area contributed by atoms with E-state index in [0.29, 0.717) is 25.3 Å². The van der Waals surface area contributed by atoms with Gasteiger partial charge in [-0.05, 0) is 44.9 Å². The van der Waals surface area contributed by atoms with Crippen LogP contribution >= 0.6 is 0 Å². The summed E-state index contributed by atoms with van der Waals surface area (Å²) in [5.74, 6) is -0.177. The lowest BCUT2D eigenvalue weighted by atomic mass is 10.1. The SMILES string of the molecule is CC1CN(C(=O)c2cccc(S(=O)(=O)NCC3CCCO3)c2)C(C)CO1. The average molecular weight is 382 g/mol. The number of amides is 1. The number of ether oxygens (including phenoxy) is 2. The van der Waals surface area contributed by atoms with Gasteiger partial charge in [0.2, 0.25) is 10.0 Å². The van der Waals surface area contributed by atoms with Crippen LogP contribution in [0, 0.1) is 0 Å². The molecule has 2 aliphatic heterocycles. The van der Waals surface area contributed by atoms with Crippen LogP contribution in [0.1, 0.15) is 37.0 Å². The fourth-order valence-corrected chi connectivity index (χ4v) is 4.35. The third kappa shape index (κ3) is 4.43. The number of morpholine rings is 1. The van der Waals surface area contributed by atoms with E-state index < -0.39 is 10.0 Å². The fourth-order valence-electron chi connectivity index (χ4n) is 3.24. The smallest absolute Gasteiger partial charge is 0.254 e. The minimum atomic E-state index is -3.68. The first-order chi connectivity index (χ1) is 12.4. The Morgan fingerprint density at radius 2 is 2.12 bits per heavy atom. The molecule has 0 spiro atoms. The van der Waals surface area contributed by atoms with Gasteiger partial charge in [0.1, 0.15) is 0 Å². The monoisotopic (exact) mass is 382 g/mol. The molecule has 7 nitrogen and oxygen atoms in total. The molecule has 2 saturated heterocycles. The zero-order valence-corrected chi connectivity index (χ0v) is 16.0. The van der Waals surface area contributed by atoms with Crippen LogP contribution in [0.4, 0.5) is 0 Å². The minimum absolute atomic E-state index is 0.0323. The van der Waals surface area contributed by atoms with Crippen LogP contribution in [0.3, 0.4) is 0 Å². The zero-order valence-electron chi connectivity index (χ0n) is 15.2. The molecule has 2 heterocycles. The number of sulfonamides is 1. The molecule has 1 aromatic rings. The van der Waals surface area contributed by atoms with E-state index in [1.807, 2.05) is 13.8 Å². The van der Waals surface area contributed by atoms with E-state index in [2.05, 4.69) is 4.72 Å². The molecule has 2 fully saturated rings. The second kappa shape index (κ2) is 8.04. The molecule has 3 rings (SSSR count). The first-order valence-electron chi connectivity index (χ1n) is 9.01. The predicted molar refractivity (Wildman–Crippen MR) is 96.5 cm³/mol. The van der Waals surface area contributed by atoms with Crippen molar-refractivity contribution in [1.82, 2.24) is 9.62 Å². The van der Waals surface area contributed by atoms with Gasteiger partial charge in [-0.2, -0.15) is 0 Å². The van der Waals surface area contributed by atoms with Gasteiger partial charge in [-0.1, -0.05) is 6.07 Å². The molecule has 1 N–H and O–H groups in total. The van der Waals surface area contributed by atoms with Crippen LogP contribution in [-0.2, 0) is 19.5 Å². The van der Waals surface area contributed by atoms with Gasteiger partial charge in [0.25, 0.3) is 5.91 Å². The van der Waals surface area contributed by atoms with Gasteiger partial charge < -0.3 is 14.4 Å². The molecule has 0 radical (unpaired) electrons. The molecule has 2 aliphatic rings. The lowest BCUT2D eigenvalue weighted by molar-refractivity contribution is -0.0387. The molecule has 0 aliphatic carbocycles. The Kier molecular flexibility index (Phi) is 5.96. The topological polar surface area (TPSA) is 84.9 Å². The van der Waals surface area contributed by atoms with Gasteiger partial charge in [0.15, 0.2) is 0 Å². The van der Waals surface area contributed by atoms with Crippen molar-refractivity contribution in [1.29, 1.82) is 0 Å². The van der Waals surface area contributed by atoms with Crippen molar-refractivity contribution in [3.63, 3.8) is 0 Å². The normalized spacial score (nSPS) is 26.8. The maximum atomic E-state index is 12.8. The molecule has 0 aromatic heterocycles. The standard InChI is InChI=1S/C18H26N2O5S/c1-13-12-25-14(2)11-20(13)18(21)15-5-3-7-17(9-15)26(22,23)19-10-16-6-4-8-24-16/h3,5,7,9,13-14,16,19H,4,6,8,10-12H2,1-2H3. The second-order valence-corrected chi connectivity index (χ2v) is 8.73. The van der Waals surface area contributed by atoms with Crippen molar-refractivity contribution in [2.45, 2.75) is 49.8 Å². The van der Waals surface area contributed by atoms with E-state index in [0.717, 1.165) is 12.8 Å². The van der Waals surface area contributed by atoms with Crippen LogP contribution in [0.5, 0.6) is 0 Å². The first kappa shape index (κ1) is 19.3.